The monoisotopic (exact) mass is 258 g/mol. The molecular weight excluding hydrogens is 228 g/mol. The Balaban J connectivity index is 4.19. The van der Waals surface area contributed by atoms with Crippen LogP contribution in [0.5, 0.6) is 0 Å². The van der Waals surface area contributed by atoms with Crippen molar-refractivity contribution in [2.24, 2.45) is 0 Å². The van der Waals surface area contributed by atoms with Crippen LogP contribution < -0.4 is 5.32 Å². The summed E-state index contributed by atoms with van der Waals surface area (Å²) in [6, 6.07) is 0.643. The van der Waals surface area contributed by atoms with Gasteiger partial charge in [-0.1, -0.05) is 13.8 Å². The largest absolute Gasteiger partial charge is 0.468 e. The molecule has 0 heterocycles. The number of esters is 1. The average molecular weight is 258 g/mol. The molecule has 0 aromatic rings. The first-order valence-electron chi connectivity index (χ1n) is 6.92. The molecule has 0 saturated carbocycles. The first-order valence-corrected chi connectivity index (χ1v) is 6.92. The highest BCUT2D eigenvalue weighted by Gasteiger charge is 2.31. The third kappa shape index (κ3) is 4.94. The van der Waals surface area contributed by atoms with Gasteiger partial charge >= 0.3 is 5.97 Å². The van der Waals surface area contributed by atoms with Crippen LogP contribution in [0.3, 0.4) is 0 Å². The summed E-state index contributed by atoms with van der Waals surface area (Å²) in [6.07, 6.45) is 4.13. The normalized spacial score (nSPS) is 14.9. The van der Waals surface area contributed by atoms with Gasteiger partial charge in [0, 0.05) is 6.04 Å². The molecule has 0 rings (SSSR count). The van der Waals surface area contributed by atoms with Gasteiger partial charge in [-0.05, 0) is 53.2 Å². The number of rotatable bonds is 9. The summed E-state index contributed by atoms with van der Waals surface area (Å²) in [5.74, 6) is -0.185. The Bertz CT molecular complexity index is 242. The second-order valence-electron chi connectivity index (χ2n) is 5.13. The predicted molar refractivity (Wildman–Crippen MR) is 75.7 cm³/mol. The topological polar surface area (TPSA) is 41.6 Å². The third-order valence-corrected chi connectivity index (χ3v) is 3.94. The number of ether oxygens (including phenoxy) is 1. The minimum Gasteiger partial charge on any atom is -0.468 e. The predicted octanol–water partition coefficient (Wildman–Crippen LogP) is 2.04. The van der Waals surface area contributed by atoms with E-state index in [0.29, 0.717) is 6.04 Å². The molecule has 4 nitrogen and oxygen atoms in total. The van der Waals surface area contributed by atoms with Crippen LogP contribution in [0, 0.1) is 0 Å². The van der Waals surface area contributed by atoms with Crippen LogP contribution in [-0.4, -0.2) is 50.2 Å². The van der Waals surface area contributed by atoms with E-state index in [2.05, 4.69) is 31.1 Å². The Labute approximate surface area is 112 Å². The van der Waals surface area contributed by atoms with Gasteiger partial charge in [0.05, 0.1) is 7.11 Å². The molecule has 0 saturated heterocycles. The molecule has 4 heteroatoms. The average Bonchev–Trinajstić information content (AvgIpc) is 2.38. The van der Waals surface area contributed by atoms with E-state index in [4.69, 9.17) is 4.74 Å². The van der Waals surface area contributed by atoms with Gasteiger partial charge in [-0.15, -0.1) is 0 Å². The quantitative estimate of drug-likeness (QED) is 0.643. The second-order valence-corrected chi connectivity index (χ2v) is 5.13. The Morgan fingerprint density at radius 2 is 1.94 bits per heavy atom. The van der Waals surface area contributed by atoms with E-state index in [0.717, 1.165) is 19.4 Å². The van der Waals surface area contributed by atoms with Gasteiger partial charge in [-0.25, -0.2) is 0 Å². The highest BCUT2D eigenvalue weighted by Crippen LogP contribution is 2.15. The summed E-state index contributed by atoms with van der Waals surface area (Å²) in [7, 11) is 5.41. The number of likely N-dealkylation sites (N-methyl/N-ethyl adjacent to an activating group) is 1. The van der Waals surface area contributed by atoms with Gasteiger partial charge in [-0.3, -0.25) is 4.79 Å². The van der Waals surface area contributed by atoms with Gasteiger partial charge in [0.1, 0.15) is 5.54 Å². The molecule has 0 amide bonds. The summed E-state index contributed by atoms with van der Waals surface area (Å²) >= 11 is 0. The lowest BCUT2D eigenvalue weighted by Gasteiger charge is -2.29. The molecule has 1 N–H and O–H groups in total. The highest BCUT2D eigenvalue weighted by molar-refractivity contribution is 5.80. The van der Waals surface area contributed by atoms with Crippen molar-refractivity contribution < 1.29 is 9.53 Å². The van der Waals surface area contributed by atoms with Gasteiger partial charge < -0.3 is 15.0 Å². The van der Waals surface area contributed by atoms with Gasteiger partial charge in [0.15, 0.2) is 0 Å². The van der Waals surface area contributed by atoms with Crippen molar-refractivity contribution in [2.45, 2.75) is 58.0 Å². The van der Waals surface area contributed by atoms with Crippen LogP contribution >= 0.6 is 0 Å². The van der Waals surface area contributed by atoms with E-state index >= 15 is 0 Å². The first kappa shape index (κ1) is 17.4. The maximum atomic E-state index is 11.7. The van der Waals surface area contributed by atoms with Crippen LogP contribution in [0.1, 0.15) is 46.5 Å². The lowest BCUT2D eigenvalue weighted by molar-refractivity contribution is -0.148. The smallest absolute Gasteiger partial charge is 0.325 e. The standard InChI is InChI=1S/C14H30N2O2/c1-7-12(8-2)16(5)11-9-10-14(3,15-4)13(17)18-6/h12,15H,7-11H2,1-6H3. The van der Waals surface area contributed by atoms with Crippen LogP contribution in [0.25, 0.3) is 0 Å². The third-order valence-electron chi connectivity index (χ3n) is 3.94. The Kier molecular flexibility index (Phi) is 8.20. The molecule has 1 unspecified atom stereocenters. The van der Waals surface area contributed by atoms with E-state index in [1.165, 1.54) is 20.0 Å². The summed E-state index contributed by atoms with van der Waals surface area (Å²) in [4.78, 5) is 14.1. The first-order chi connectivity index (χ1) is 8.45. The number of nitrogens with zero attached hydrogens (tertiary/aromatic N) is 1. The van der Waals surface area contributed by atoms with Crippen molar-refractivity contribution >= 4 is 5.97 Å². The van der Waals surface area contributed by atoms with Crippen LogP contribution in [0.15, 0.2) is 0 Å². The van der Waals surface area contributed by atoms with Gasteiger partial charge in [0.2, 0.25) is 0 Å². The van der Waals surface area contributed by atoms with E-state index in [-0.39, 0.29) is 5.97 Å². The molecule has 0 aliphatic rings. The van der Waals surface area contributed by atoms with Crippen molar-refractivity contribution in [3.05, 3.63) is 0 Å². The molecule has 108 valence electrons. The Morgan fingerprint density at radius 1 is 1.39 bits per heavy atom. The number of hydrogen-bond acceptors (Lipinski definition) is 4. The van der Waals surface area contributed by atoms with E-state index in [1.807, 2.05) is 14.0 Å². The van der Waals surface area contributed by atoms with Crippen molar-refractivity contribution in [2.75, 3.05) is 27.7 Å². The van der Waals surface area contributed by atoms with Crippen LogP contribution in [0.4, 0.5) is 0 Å². The molecule has 0 spiro atoms. The second kappa shape index (κ2) is 8.48. The maximum Gasteiger partial charge on any atom is 0.325 e. The zero-order chi connectivity index (χ0) is 14.2. The van der Waals surface area contributed by atoms with Crippen molar-refractivity contribution in [3.63, 3.8) is 0 Å². The minimum atomic E-state index is -0.566. The van der Waals surface area contributed by atoms with E-state index in [9.17, 15) is 4.79 Å². The molecule has 0 aromatic carbocycles. The summed E-state index contributed by atoms with van der Waals surface area (Å²) in [5, 5.41) is 3.07. The van der Waals surface area contributed by atoms with E-state index < -0.39 is 5.54 Å². The van der Waals surface area contributed by atoms with Crippen molar-refractivity contribution in [3.8, 4) is 0 Å². The number of carbonyl (C=O) groups excluding carboxylic acids is 1. The molecule has 0 fully saturated rings. The van der Waals surface area contributed by atoms with Crippen LogP contribution in [-0.2, 0) is 9.53 Å². The van der Waals surface area contributed by atoms with Gasteiger partial charge in [-0.2, -0.15) is 0 Å². The number of methoxy groups -OCH3 is 1. The SMILES string of the molecule is CCC(CC)N(C)CCCC(C)(NC)C(=O)OC. The van der Waals surface area contributed by atoms with Crippen molar-refractivity contribution in [1.82, 2.24) is 10.2 Å². The zero-order valence-corrected chi connectivity index (χ0v) is 12.9. The molecule has 0 aliphatic carbocycles. The zero-order valence-electron chi connectivity index (χ0n) is 12.9. The summed E-state index contributed by atoms with van der Waals surface area (Å²) < 4.78 is 4.84. The molecule has 1 atom stereocenters. The Morgan fingerprint density at radius 3 is 2.33 bits per heavy atom. The maximum absolute atomic E-state index is 11.7. The summed E-state index contributed by atoms with van der Waals surface area (Å²) in [6.45, 7) is 7.35. The fourth-order valence-corrected chi connectivity index (χ4v) is 2.33. The Hall–Kier alpha value is -0.610. The number of nitrogens with one attached hydrogen (secondary N) is 1. The number of carbonyl (C=O) groups is 1. The van der Waals surface area contributed by atoms with E-state index in [1.54, 1.807) is 0 Å². The number of hydrogen-bond donors (Lipinski definition) is 1. The van der Waals surface area contributed by atoms with Crippen molar-refractivity contribution in [1.29, 1.82) is 0 Å². The van der Waals surface area contributed by atoms with Gasteiger partial charge in [0.25, 0.3) is 0 Å². The fourth-order valence-electron chi connectivity index (χ4n) is 2.33. The lowest BCUT2D eigenvalue weighted by Crippen LogP contribution is -2.48. The molecule has 0 radical (unpaired) electrons. The molecule has 0 aromatic heterocycles. The fraction of sp³-hybridized carbons (Fsp3) is 0.929. The minimum absolute atomic E-state index is 0.185. The molecule has 0 bridgehead atoms. The lowest BCUT2D eigenvalue weighted by atomic mass is 9.96. The summed E-state index contributed by atoms with van der Waals surface area (Å²) in [5.41, 5.74) is -0.566. The molecule has 18 heavy (non-hydrogen) atoms. The van der Waals surface area contributed by atoms with Crippen LogP contribution in [0.2, 0.25) is 0 Å². The highest BCUT2D eigenvalue weighted by atomic mass is 16.5. The molecular formula is C14H30N2O2. The molecule has 0 aliphatic heterocycles.